The molecule has 0 spiro atoms. The predicted molar refractivity (Wildman–Crippen MR) is 158 cm³/mol. The summed E-state index contributed by atoms with van der Waals surface area (Å²) in [4.78, 5) is 38.8. The van der Waals surface area contributed by atoms with Crippen molar-refractivity contribution in [3.63, 3.8) is 0 Å². The van der Waals surface area contributed by atoms with Crippen LogP contribution in [-0.2, 0) is 25.5 Å². The Labute approximate surface area is 239 Å². The molecule has 0 saturated carbocycles. The molecule has 1 amide bonds. The van der Waals surface area contributed by atoms with Gasteiger partial charge in [0.15, 0.2) is 0 Å². The van der Waals surface area contributed by atoms with Crippen LogP contribution in [0, 0.1) is 11.3 Å². The average Bonchev–Trinajstić information content (AvgIpc) is 2.92. The summed E-state index contributed by atoms with van der Waals surface area (Å²) in [7, 11) is 0. The molecular formula is C33H47NO6. The Morgan fingerprint density at radius 3 is 2.33 bits per heavy atom. The second-order valence-corrected chi connectivity index (χ2v) is 11.7. The SMILES string of the molecule is CCCC(O)c1cccc(N(C[C@@H](C=O)[C@H](CCC(C)(C)C)c2ccc(CCC(=O)OCCO)cc2)C(C)=O)c1. The maximum absolute atomic E-state index is 12.8. The summed E-state index contributed by atoms with van der Waals surface area (Å²) in [6.07, 6.45) is 4.27. The van der Waals surface area contributed by atoms with Crippen LogP contribution in [0.3, 0.4) is 0 Å². The highest BCUT2D eigenvalue weighted by atomic mass is 16.5. The van der Waals surface area contributed by atoms with E-state index in [1.165, 1.54) is 6.92 Å². The van der Waals surface area contributed by atoms with Crippen LogP contribution in [0.25, 0.3) is 0 Å². The quantitative estimate of drug-likeness (QED) is 0.202. The summed E-state index contributed by atoms with van der Waals surface area (Å²) < 4.78 is 4.94. The molecule has 0 aliphatic heterocycles. The van der Waals surface area contributed by atoms with Gasteiger partial charge in [0.2, 0.25) is 5.91 Å². The number of nitrogens with zero attached hydrogens (tertiary/aromatic N) is 1. The number of ether oxygens (including phenoxy) is 1. The lowest BCUT2D eigenvalue weighted by atomic mass is 9.78. The fourth-order valence-corrected chi connectivity index (χ4v) is 4.86. The lowest BCUT2D eigenvalue weighted by Gasteiger charge is -2.31. The van der Waals surface area contributed by atoms with E-state index in [1.54, 1.807) is 4.90 Å². The number of amides is 1. The molecule has 0 bridgehead atoms. The Balaban J connectivity index is 2.30. The van der Waals surface area contributed by atoms with Crippen LogP contribution in [0.5, 0.6) is 0 Å². The van der Waals surface area contributed by atoms with Gasteiger partial charge in [0.1, 0.15) is 12.9 Å². The first-order valence-electron chi connectivity index (χ1n) is 14.4. The summed E-state index contributed by atoms with van der Waals surface area (Å²) in [6, 6.07) is 15.4. The number of benzene rings is 2. The van der Waals surface area contributed by atoms with Gasteiger partial charge in [-0.1, -0.05) is 70.5 Å². The normalized spacial score (nSPS) is 13.8. The summed E-state index contributed by atoms with van der Waals surface area (Å²) in [5.41, 5.74) is 3.50. The van der Waals surface area contributed by atoms with Crippen LogP contribution in [0.1, 0.15) is 95.4 Å². The highest BCUT2D eigenvalue weighted by molar-refractivity contribution is 5.92. The van der Waals surface area contributed by atoms with Crippen LogP contribution in [-0.4, -0.2) is 48.1 Å². The molecule has 3 atom stereocenters. The van der Waals surface area contributed by atoms with Gasteiger partial charge >= 0.3 is 5.97 Å². The van der Waals surface area contributed by atoms with E-state index in [4.69, 9.17) is 9.84 Å². The summed E-state index contributed by atoms with van der Waals surface area (Å²) in [5.74, 6) is -1.05. The number of anilines is 1. The zero-order valence-electron chi connectivity index (χ0n) is 24.8. The molecule has 40 heavy (non-hydrogen) atoms. The number of carbonyl (C=O) groups is 3. The molecule has 0 aliphatic carbocycles. The number of aliphatic hydroxyl groups excluding tert-OH is 2. The molecule has 2 rings (SSSR count). The third-order valence-electron chi connectivity index (χ3n) is 7.18. The standard InChI is InChI=1S/C33H47NO6/c1-6-8-31(38)27-9-7-10-29(21-27)34(24(2)37)22-28(23-36)30(17-18-33(3,4)5)26-14-11-25(12-15-26)13-16-32(39)40-20-19-35/h7,9-12,14-15,21,23,28,30-31,35,38H,6,8,13,16-20,22H2,1-5H3/t28-,30+,31?/m0/s1. The van der Waals surface area contributed by atoms with Crippen molar-refractivity contribution in [2.24, 2.45) is 11.3 Å². The first kappa shape index (κ1) is 33.2. The van der Waals surface area contributed by atoms with Gasteiger partial charge in [0.25, 0.3) is 0 Å². The van der Waals surface area contributed by atoms with E-state index < -0.39 is 12.0 Å². The number of aryl methyl sites for hydroxylation is 1. The van der Waals surface area contributed by atoms with Crippen molar-refractivity contribution in [3.05, 3.63) is 65.2 Å². The molecule has 0 aromatic heterocycles. The molecule has 7 nitrogen and oxygen atoms in total. The van der Waals surface area contributed by atoms with Crippen LogP contribution in [0.15, 0.2) is 48.5 Å². The van der Waals surface area contributed by atoms with Crippen LogP contribution < -0.4 is 4.90 Å². The van der Waals surface area contributed by atoms with E-state index in [2.05, 4.69) is 20.8 Å². The first-order valence-corrected chi connectivity index (χ1v) is 14.4. The highest BCUT2D eigenvalue weighted by Gasteiger charge is 2.28. The van der Waals surface area contributed by atoms with Gasteiger partial charge in [0, 0.05) is 31.5 Å². The fraction of sp³-hybridized carbons (Fsp3) is 0.545. The monoisotopic (exact) mass is 553 g/mol. The largest absolute Gasteiger partial charge is 0.463 e. The third kappa shape index (κ3) is 10.9. The van der Waals surface area contributed by atoms with Crippen LogP contribution in [0.2, 0.25) is 0 Å². The van der Waals surface area contributed by atoms with E-state index in [9.17, 15) is 19.5 Å². The van der Waals surface area contributed by atoms with Gasteiger partial charge in [0.05, 0.1) is 12.7 Å². The molecule has 220 valence electrons. The lowest BCUT2D eigenvalue weighted by Crippen LogP contribution is -2.37. The van der Waals surface area contributed by atoms with Crippen molar-refractivity contribution in [3.8, 4) is 0 Å². The maximum Gasteiger partial charge on any atom is 0.306 e. The number of esters is 1. The third-order valence-corrected chi connectivity index (χ3v) is 7.18. The maximum atomic E-state index is 12.8. The smallest absolute Gasteiger partial charge is 0.306 e. The van der Waals surface area contributed by atoms with Gasteiger partial charge in [-0.25, -0.2) is 0 Å². The van der Waals surface area contributed by atoms with Crippen LogP contribution in [0.4, 0.5) is 5.69 Å². The van der Waals surface area contributed by atoms with Crippen molar-refractivity contribution >= 4 is 23.9 Å². The molecular weight excluding hydrogens is 506 g/mol. The zero-order valence-corrected chi connectivity index (χ0v) is 24.8. The lowest BCUT2D eigenvalue weighted by molar-refractivity contribution is -0.144. The zero-order chi connectivity index (χ0) is 29.7. The Bertz CT molecular complexity index is 1080. The van der Waals surface area contributed by atoms with E-state index >= 15 is 0 Å². The molecule has 0 fully saturated rings. The second kappa shape index (κ2) is 16.3. The summed E-state index contributed by atoms with van der Waals surface area (Å²) >= 11 is 0. The molecule has 2 N–H and O–H groups in total. The van der Waals surface area contributed by atoms with Crippen molar-refractivity contribution in [2.75, 3.05) is 24.7 Å². The van der Waals surface area contributed by atoms with Gasteiger partial charge in [-0.3, -0.25) is 9.59 Å². The molecule has 1 unspecified atom stereocenters. The number of aliphatic hydroxyl groups is 2. The van der Waals surface area contributed by atoms with E-state index in [0.29, 0.717) is 18.5 Å². The molecule has 2 aromatic carbocycles. The number of hydrogen-bond donors (Lipinski definition) is 2. The van der Waals surface area contributed by atoms with E-state index in [0.717, 1.165) is 42.2 Å². The minimum Gasteiger partial charge on any atom is -0.463 e. The Hall–Kier alpha value is -3.03. The van der Waals surface area contributed by atoms with Crippen molar-refractivity contribution in [2.45, 2.75) is 85.2 Å². The van der Waals surface area contributed by atoms with Crippen molar-refractivity contribution in [1.29, 1.82) is 0 Å². The average molecular weight is 554 g/mol. The number of carbonyl (C=O) groups excluding carboxylic acids is 3. The van der Waals surface area contributed by atoms with Gasteiger partial charge in [-0.2, -0.15) is 0 Å². The molecule has 0 radical (unpaired) electrons. The van der Waals surface area contributed by atoms with Crippen molar-refractivity contribution < 1.29 is 29.3 Å². The molecule has 0 saturated heterocycles. The molecule has 0 heterocycles. The Morgan fingerprint density at radius 1 is 1.05 bits per heavy atom. The van der Waals surface area contributed by atoms with Gasteiger partial charge in [-0.05, 0) is 65.8 Å². The Morgan fingerprint density at radius 2 is 1.75 bits per heavy atom. The summed E-state index contributed by atoms with van der Waals surface area (Å²) in [5, 5.41) is 19.3. The topological polar surface area (TPSA) is 104 Å². The molecule has 2 aromatic rings. The van der Waals surface area contributed by atoms with E-state index in [1.807, 2.05) is 55.5 Å². The van der Waals surface area contributed by atoms with Gasteiger partial charge in [-0.15, -0.1) is 0 Å². The molecule has 0 aliphatic rings. The van der Waals surface area contributed by atoms with Crippen molar-refractivity contribution in [1.82, 2.24) is 0 Å². The van der Waals surface area contributed by atoms with E-state index in [-0.39, 0.29) is 49.4 Å². The minimum absolute atomic E-state index is 0.00120. The number of rotatable bonds is 16. The minimum atomic E-state index is -0.602. The highest BCUT2D eigenvalue weighted by Crippen LogP contribution is 2.35. The number of hydrogen-bond acceptors (Lipinski definition) is 6. The second-order valence-electron chi connectivity index (χ2n) is 11.7. The summed E-state index contributed by atoms with van der Waals surface area (Å²) in [6.45, 7) is 10.1. The number of aldehydes is 1. The van der Waals surface area contributed by atoms with Gasteiger partial charge < -0.3 is 24.6 Å². The Kier molecular flexibility index (Phi) is 13.5. The first-order chi connectivity index (χ1) is 19.0. The molecule has 7 heteroatoms. The fourth-order valence-electron chi connectivity index (χ4n) is 4.86. The van der Waals surface area contributed by atoms with Crippen LogP contribution >= 0.6 is 0 Å². The predicted octanol–water partition coefficient (Wildman–Crippen LogP) is 5.77.